The summed E-state index contributed by atoms with van der Waals surface area (Å²) < 4.78 is 0. The van der Waals surface area contributed by atoms with Gasteiger partial charge in [0, 0.05) is 23.8 Å². The zero-order valence-corrected chi connectivity index (χ0v) is 10.5. The van der Waals surface area contributed by atoms with E-state index in [0.717, 1.165) is 12.2 Å². The quantitative estimate of drug-likeness (QED) is 0.518. The average Bonchev–Trinajstić information content (AvgIpc) is 2.28. The highest BCUT2D eigenvalue weighted by Gasteiger charge is 2.09. The highest BCUT2D eigenvalue weighted by Crippen LogP contribution is 2.07. The molecule has 1 aromatic rings. The molecule has 0 saturated heterocycles. The molecule has 0 aliphatic heterocycles. The summed E-state index contributed by atoms with van der Waals surface area (Å²) in [5, 5.41) is 2.93. The molecule has 5 heteroatoms. The summed E-state index contributed by atoms with van der Waals surface area (Å²) in [5.41, 5.74) is 3.94. The van der Waals surface area contributed by atoms with Crippen LogP contribution < -0.4 is 16.6 Å². The molecule has 0 aliphatic carbocycles. The standard InChI is InChI=1S/C12H20N4O/c1-9(8-16(2)3)14-12(17)10-4-6-11(15-13)7-5-10/h4-7,9,15H,8,13H2,1-3H3,(H,14,17). The fourth-order valence-electron chi connectivity index (χ4n) is 1.62. The second kappa shape index (κ2) is 6.22. The number of benzene rings is 1. The lowest BCUT2D eigenvalue weighted by atomic mass is 10.2. The number of nitrogen functional groups attached to an aromatic ring is 1. The van der Waals surface area contributed by atoms with Crippen LogP contribution in [0.5, 0.6) is 0 Å². The van der Waals surface area contributed by atoms with E-state index in [1.807, 2.05) is 25.9 Å². The largest absolute Gasteiger partial charge is 0.348 e. The molecule has 1 aromatic carbocycles. The van der Waals surface area contributed by atoms with E-state index in [2.05, 4.69) is 10.7 Å². The zero-order valence-electron chi connectivity index (χ0n) is 10.5. The van der Waals surface area contributed by atoms with Crippen LogP contribution in [-0.4, -0.2) is 37.5 Å². The fourth-order valence-corrected chi connectivity index (χ4v) is 1.62. The van der Waals surface area contributed by atoms with Gasteiger partial charge in [-0.15, -0.1) is 0 Å². The molecule has 1 atom stereocenters. The molecule has 5 nitrogen and oxygen atoms in total. The predicted octanol–water partition coefficient (Wildman–Crippen LogP) is 0.652. The highest BCUT2D eigenvalue weighted by molar-refractivity contribution is 5.94. The maximum atomic E-state index is 11.9. The first-order valence-corrected chi connectivity index (χ1v) is 5.55. The van der Waals surface area contributed by atoms with Crippen molar-refractivity contribution in [2.45, 2.75) is 13.0 Å². The molecule has 0 aliphatic rings. The lowest BCUT2D eigenvalue weighted by Crippen LogP contribution is -2.39. The van der Waals surface area contributed by atoms with Crippen LogP contribution in [0.2, 0.25) is 0 Å². The van der Waals surface area contributed by atoms with Crippen molar-refractivity contribution in [1.29, 1.82) is 0 Å². The van der Waals surface area contributed by atoms with Crippen molar-refractivity contribution >= 4 is 11.6 Å². The number of nitrogens with zero attached hydrogens (tertiary/aromatic N) is 1. The van der Waals surface area contributed by atoms with Crippen molar-refractivity contribution < 1.29 is 4.79 Å². The molecule has 1 amide bonds. The average molecular weight is 236 g/mol. The van der Waals surface area contributed by atoms with Crippen molar-refractivity contribution in [3.05, 3.63) is 29.8 Å². The van der Waals surface area contributed by atoms with Crippen molar-refractivity contribution in [3.8, 4) is 0 Å². The molecule has 0 fully saturated rings. The molecule has 0 bridgehead atoms. The van der Waals surface area contributed by atoms with E-state index in [0.29, 0.717) is 5.56 Å². The Hall–Kier alpha value is -1.59. The van der Waals surface area contributed by atoms with Gasteiger partial charge in [0.2, 0.25) is 0 Å². The van der Waals surface area contributed by atoms with E-state index in [1.165, 1.54) is 0 Å². The number of hydrogen-bond acceptors (Lipinski definition) is 4. The van der Waals surface area contributed by atoms with Crippen LogP contribution in [0.25, 0.3) is 0 Å². The van der Waals surface area contributed by atoms with Crippen LogP contribution >= 0.6 is 0 Å². The zero-order chi connectivity index (χ0) is 12.8. The number of carbonyl (C=O) groups excluding carboxylic acids is 1. The van der Waals surface area contributed by atoms with Gasteiger partial charge in [-0.05, 0) is 45.3 Å². The smallest absolute Gasteiger partial charge is 0.251 e. The second-order valence-corrected chi connectivity index (χ2v) is 4.36. The number of rotatable bonds is 5. The van der Waals surface area contributed by atoms with E-state index in [1.54, 1.807) is 24.3 Å². The van der Waals surface area contributed by atoms with E-state index < -0.39 is 0 Å². The van der Waals surface area contributed by atoms with Crippen LogP contribution in [0.15, 0.2) is 24.3 Å². The van der Waals surface area contributed by atoms with Gasteiger partial charge in [0.15, 0.2) is 0 Å². The molecular formula is C12H20N4O. The van der Waals surface area contributed by atoms with Gasteiger partial charge in [-0.3, -0.25) is 10.6 Å². The molecule has 1 rings (SSSR count). The molecule has 0 spiro atoms. The number of amides is 1. The summed E-state index contributed by atoms with van der Waals surface area (Å²) in [7, 11) is 3.95. The normalized spacial score (nSPS) is 12.3. The fraction of sp³-hybridized carbons (Fsp3) is 0.417. The van der Waals surface area contributed by atoms with E-state index in [4.69, 9.17) is 5.84 Å². The number of nitrogens with two attached hydrogens (primary N) is 1. The summed E-state index contributed by atoms with van der Waals surface area (Å²) in [5.74, 6) is 5.19. The van der Waals surface area contributed by atoms with Crippen LogP contribution in [0.4, 0.5) is 5.69 Å². The van der Waals surface area contributed by atoms with Gasteiger partial charge < -0.3 is 15.6 Å². The van der Waals surface area contributed by atoms with Crippen LogP contribution in [0.1, 0.15) is 17.3 Å². The van der Waals surface area contributed by atoms with E-state index in [-0.39, 0.29) is 11.9 Å². The van der Waals surface area contributed by atoms with Crippen molar-refractivity contribution in [2.75, 3.05) is 26.1 Å². The number of hydrazine groups is 1. The molecule has 17 heavy (non-hydrogen) atoms. The molecule has 4 N–H and O–H groups in total. The monoisotopic (exact) mass is 236 g/mol. The minimum atomic E-state index is -0.0667. The summed E-state index contributed by atoms with van der Waals surface area (Å²) >= 11 is 0. The number of carbonyl (C=O) groups is 1. The third-order valence-corrected chi connectivity index (χ3v) is 2.33. The SMILES string of the molecule is CC(CN(C)C)NC(=O)c1ccc(NN)cc1. The lowest BCUT2D eigenvalue weighted by molar-refractivity contribution is 0.0934. The molecule has 1 unspecified atom stereocenters. The third kappa shape index (κ3) is 4.42. The Morgan fingerprint density at radius 2 is 1.94 bits per heavy atom. The maximum absolute atomic E-state index is 11.9. The highest BCUT2D eigenvalue weighted by atomic mass is 16.1. The topological polar surface area (TPSA) is 70.4 Å². The Labute approximate surface area is 102 Å². The van der Waals surface area contributed by atoms with Crippen LogP contribution in [0.3, 0.4) is 0 Å². The van der Waals surface area contributed by atoms with Crippen molar-refractivity contribution in [1.82, 2.24) is 10.2 Å². The van der Waals surface area contributed by atoms with Gasteiger partial charge in [-0.2, -0.15) is 0 Å². The Balaban J connectivity index is 2.57. The number of hydrogen-bond donors (Lipinski definition) is 3. The maximum Gasteiger partial charge on any atom is 0.251 e. The van der Waals surface area contributed by atoms with Gasteiger partial charge >= 0.3 is 0 Å². The van der Waals surface area contributed by atoms with Crippen molar-refractivity contribution in [2.24, 2.45) is 5.84 Å². The van der Waals surface area contributed by atoms with Crippen LogP contribution in [-0.2, 0) is 0 Å². The number of likely N-dealkylation sites (N-methyl/N-ethyl adjacent to an activating group) is 1. The van der Waals surface area contributed by atoms with E-state index in [9.17, 15) is 4.79 Å². The summed E-state index contributed by atoms with van der Waals surface area (Å²) in [4.78, 5) is 13.9. The molecule has 94 valence electrons. The molecule has 0 saturated carbocycles. The lowest BCUT2D eigenvalue weighted by Gasteiger charge is -2.18. The first kappa shape index (κ1) is 13.5. The second-order valence-electron chi connectivity index (χ2n) is 4.36. The first-order valence-electron chi connectivity index (χ1n) is 5.55. The first-order chi connectivity index (χ1) is 8.02. The molecule has 0 radical (unpaired) electrons. The third-order valence-electron chi connectivity index (χ3n) is 2.33. The summed E-state index contributed by atoms with van der Waals surface area (Å²) in [6, 6.07) is 7.14. The predicted molar refractivity (Wildman–Crippen MR) is 69.7 cm³/mol. The molecule has 0 aromatic heterocycles. The minimum Gasteiger partial charge on any atom is -0.348 e. The summed E-state index contributed by atoms with van der Waals surface area (Å²) in [6.07, 6.45) is 0. The molecular weight excluding hydrogens is 216 g/mol. The summed E-state index contributed by atoms with van der Waals surface area (Å²) in [6.45, 7) is 2.79. The Morgan fingerprint density at radius 1 is 1.35 bits per heavy atom. The van der Waals surface area contributed by atoms with Gasteiger partial charge in [-0.25, -0.2) is 0 Å². The van der Waals surface area contributed by atoms with Gasteiger partial charge in [-0.1, -0.05) is 0 Å². The Bertz CT molecular complexity index is 361. The minimum absolute atomic E-state index is 0.0667. The van der Waals surface area contributed by atoms with Gasteiger partial charge in [0.25, 0.3) is 5.91 Å². The van der Waals surface area contributed by atoms with Gasteiger partial charge in [0.05, 0.1) is 0 Å². The number of nitrogens with one attached hydrogen (secondary N) is 2. The molecule has 0 heterocycles. The number of anilines is 1. The van der Waals surface area contributed by atoms with Crippen molar-refractivity contribution in [3.63, 3.8) is 0 Å². The van der Waals surface area contributed by atoms with Gasteiger partial charge in [0.1, 0.15) is 0 Å². The van der Waals surface area contributed by atoms with E-state index >= 15 is 0 Å². The Morgan fingerprint density at radius 3 is 2.41 bits per heavy atom. The Kier molecular flexibility index (Phi) is 4.93. The van der Waals surface area contributed by atoms with Crippen LogP contribution in [0, 0.1) is 0 Å².